The van der Waals surface area contributed by atoms with Gasteiger partial charge in [0.15, 0.2) is 5.69 Å². The lowest BCUT2D eigenvalue weighted by Crippen LogP contribution is -2.15. The van der Waals surface area contributed by atoms with Gasteiger partial charge >= 0.3 is 6.18 Å². The van der Waals surface area contributed by atoms with Gasteiger partial charge in [0.25, 0.3) is 0 Å². The first-order valence-electron chi connectivity index (χ1n) is 10.4. The number of alkyl halides is 3. The van der Waals surface area contributed by atoms with E-state index in [-0.39, 0.29) is 5.41 Å². The second-order valence-corrected chi connectivity index (χ2v) is 10.5. The molecule has 1 saturated carbocycles. The number of rotatable bonds is 6. The second kappa shape index (κ2) is 8.33. The highest BCUT2D eigenvalue weighted by Crippen LogP contribution is 2.40. The molecule has 9 heteroatoms. The lowest BCUT2D eigenvalue weighted by atomic mass is 9.96. The Kier molecular flexibility index (Phi) is 6.00. The highest BCUT2D eigenvalue weighted by molar-refractivity contribution is 7.98. The van der Waals surface area contributed by atoms with Crippen molar-refractivity contribution < 1.29 is 22.0 Å². The molecule has 2 heterocycles. The summed E-state index contributed by atoms with van der Waals surface area (Å²) in [5.74, 6) is -2.08. The molecule has 2 aromatic heterocycles. The van der Waals surface area contributed by atoms with Crippen LogP contribution in [0.15, 0.2) is 30.6 Å². The average Bonchev–Trinajstić information content (AvgIpc) is 3.44. The minimum atomic E-state index is -4.92. The molecule has 32 heavy (non-hydrogen) atoms. The first kappa shape index (κ1) is 23.0. The van der Waals surface area contributed by atoms with E-state index in [2.05, 4.69) is 9.71 Å². The van der Waals surface area contributed by atoms with Crippen LogP contribution in [0, 0.1) is 17.0 Å². The number of hydrogen-bond donors (Lipinski definition) is 1. The maximum absolute atomic E-state index is 15.1. The predicted octanol–water partition coefficient (Wildman–Crippen LogP) is 6.95. The summed E-state index contributed by atoms with van der Waals surface area (Å²) in [5.41, 5.74) is -1.49. The number of hydrogen-bond acceptors (Lipinski definition) is 3. The lowest BCUT2D eigenvalue weighted by molar-refractivity contribution is -0.140. The van der Waals surface area contributed by atoms with Crippen LogP contribution in [0.1, 0.15) is 44.9 Å². The van der Waals surface area contributed by atoms with Crippen molar-refractivity contribution in [1.29, 1.82) is 0 Å². The molecule has 0 atom stereocenters. The molecule has 1 aliphatic carbocycles. The van der Waals surface area contributed by atoms with E-state index in [1.807, 2.05) is 31.5 Å². The zero-order valence-corrected chi connectivity index (χ0v) is 18.8. The number of pyridine rings is 1. The Bertz CT molecular complexity index is 1140. The molecule has 0 bridgehead atoms. The number of benzene rings is 1. The van der Waals surface area contributed by atoms with Crippen LogP contribution < -0.4 is 4.72 Å². The second-order valence-electron chi connectivity index (χ2n) is 9.34. The zero-order chi connectivity index (χ0) is 23.3. The zero-order valence-electron chi connectivity index (χ0n) is 18.0. The molecule has 0 saturated heterocycles. The number of halogens is 5. The third-order valence-electron chi connectivity index (χ3n) is 5.17. The normalized spacial score (nSPS) is 15.0. The predicted molar refractivity (Wildman–Crippen MR) is 117 cm³/mol. The first-order chi connectivity index (χ1) is 14.9. The lowest BCUT2D eigenvalue weighted by Gasteiger charge is -2.20. The Morgan fingerprint density at radius 3 is 2.47 bits per heavy atom. The fourth-order valence-corrected chi connectivity index (χ4v) is 4.54. The number of fused-ring (bicyclic) bond motifs is 1. The number of nitrogens with one attached hydrogen (secondary N) is 1. The van der Waals surface area contributed by atoms with Crippen molar-refractivity contribution in [3.8, 4) is 11.1 Å². The van der Waals surface area contributed by atoms with Gasteiger partial charge in [0.1, 0.15) is 11.6 Å². The standard InChI is InChI=1S/C23H24F5N3S/c1-22(2,3)12-31-11-13(10-30-32-14-4-5-14)15-8-18(25)16(9-19(15)31)20-17(24)6-7-29-21(20)23(26,27)28/h6-9,11,14,30H,4-5,10,12H2,1-3H3. The third-order valence-corrected chi connectivity index (χ3v) is 6.29. The molecular weight excluding hydrogens is 445 g/mol. The summed E-state index contributed by atoms with van der Waals surface area (Å²) in [6, 6.07) is 3.32. The van der Waals surface area contributed by atoms with Crippen molar-refractivity contribution >= 4 is 22.9 Å². The van der Waals surface area contributed by atoms with E-state index < -0.39 is 34.6 Å². The molecular formula is C23H24F5N3S. The fourth-order valence-electron chi connectivity index (χ4n) is 3.69. The van der Waals surface area contributed by atoms with Crippen molar-refractivity contribution in [3.63, 3.8) is 0 Å². The van der Waals surface area contributed by atoms with Gasteiger partial charge in [0, 0.05) is 47.2 Å². The van der Waals surface area contributed by atoms with Crippen molar-refractivity contribution in [1.82, 2.24) is 14.3 Å². The molecule has 3 nitrogen and oxygen atoms in total. The molecule has 0 radical (unpaired) electrons. The van der Waals surface area contributed by atoms with Crippen LogP contribution in [0.2, 0.25) is 0 Å². The Morgan fingerprint density at radius 2 is 1.84 bits per heavy atom. The van der Waals surface area contributed by atoms with Crippen molar-refractivity contribution in [2.75, 3.05) is 0 Å². The number of nitrogens with zero attached hydrogens (tertiary/aromatic N) is 2. The Morgan fingerprint density at radius 1 is 1.12 bits per heavy atom. The quantitative estimate of drug-likeness (QED) is 0.313. The summed E-state index contributed by atoms with van der Waals surface area (Å²) < 4.78 is 75.4. The van der Waals surface area contributed by atoms with E-state index in [1.54, 1.807) is 11.9 Å². The summed E-state index contributed by atoms with van der Waals surface area (Å²) in [7, 11) is 0. The summed E-state index contributed by atoms with van der Waals surface area (Å²) >= 11 is 1.64. The third kappa shape index (κ3) is 4.93. The van der Waals surface area contributed by atoms with Gasteiger partial charge in [-0.3, -0.25) is 9.71 Å². The molecule has 0 unspecified atom stereocenters. The van der Waals surface area contributed by atoms with Gasteiger partial charge in [-0.25, -0.2) is 8.78 Å². The molecule has 0 spiro atoms. The minimum Gasteiger partial charge on any atom is -0.347 e. The van der Waals surface area contributed by atoms with E-state index in [4.69, 9.17) is 0 Å². The Labute approximate surface area is 187 Å². The molecule has 172 valence electrons. The maximum atomic E-state index is 15.1. The molecule has 4 rings (SSSR count). The van der Waals surface area contributed by atoms with Crippen LogP contribution in [-0.4, -0.2) is 14.8 Å². The molecule has 1 aliphatic rings. The summed E-state index contributed by atoms with van der Waals surface area (Å²) in [6.07, 6.45) is 0.0478. The maximum Gasteiger partial charge on any atom is 0.434 e. The van der Waals surface area contributed by atoms with Gasteiger partial charge in [0.2, 0.25) is 0 Å². The van der Waals surface area contributed by atoms with Crippen molar-refractivity contribution in [3.05, 3.63) is 53.5 Å². The summed E-state index contributed by atoms with van der Waals surface area (Å²) in [5, 5.41) is 1.19. The smallest absolute Gasteiger partial charge is 0.347 e. The van der Waals surface area contributed by atoms with Crippen LogP contribution in [0.3, 0.4) is 0 Å². The van der Waals surface area contributed by atoms with Gasteiger partial charge < -0.3 is 4.57 Å². The highest BCUT2D eigenvalue weighted by Gasteiger charge is 2.38. The van der Waals surface area contributed by atoms with Crippen LogP contribution in [0.25, 0.3) is 22.0 Å². The SMILES string of the molecule is CC(C)(C)Cn1cc(CNSC2CC2)c2cc(F)c(-c3c(F)ccnc3C(F)(F)F)cc21. The van der Waals surface area contributed by atoms with Gasteiger partial charge in [-0.2, -0.15) is 13.2 Å². The summed E-state index contributed by atoms with van der Waals surface area (Å²) in [4.78, 5) is 3.31. The van der Waals surface area contributed by atoms with Crippen LogP contribution >= 0.6 is 11.9 Å². The van der Waals surface area contributed by atoms with Crippen LogP contribution in [-0.2, 0) is 19.3 Å². The first-order valence-corrected chi connectivity index (χ1v) is 11.2. The van der Waals surface area contributed by atoms with Gasteiger partial charge in [-0.1, -0.05) is 32.7 Å². The van der Waals surface area contributed by atoms with Crippen LogP contribution in [0.4, 0.5) is 22.0 Å². The summed E-state index contributed by atoms with van der Waals surface area (Å²) in [6.45, 7) is 7.15. The van der Waals surface area contributed by atoms with E-state index in [0.717, 1.165) is 17.8 Å². The number of aromatic nitrogens is 2. The van der Waals surface area contributed by atoms with Crippen LogP contribution in [0.5, 0.6) is 0 Å². The van der Waals surface area contributed by atoms with Gasteiger partial charge in [-0.15, -0.1) is 0 Å². The van der Waals surface area contributed by atoms with E-state index in [1.165, 1.54) is 25.0 Å². The van der Waals surface area contributed by atoms with E-state index in [0.29, 0.717) is 29.2 Å². The van der Waals surface area contributed by atoms with Crippen molar-refractivity contribution in [2.24, 2.45) is 5.41 Å². The molecule has 3 aromatic rings. The largest absolute Gasteiger partial charge is 0.434 e. The highest BCUT2D eigenvalue weighted by atomic mass is 32.2. The fraction of sp³-hybridized carbons (Fsp3) is 0.435. The minimum absolute atomic E-state index is 0.134. The molecule has 1 aromatic carbocycles. The molecule has 0 amide bonds. The Balaban J connectivity index is 1.86. The average molecular weight is 470 g/mol. The molecule has 1 fully saturated rings. The monoisotopic (exact) mass is 469 g/mol. The molecule has 1 N–H and O–H groups in total. The van der Waals surface area contributed by atoms with Crippen molar-refractivity contribution in [2.45, 2.75) is 58.1 Å². The van der Waals surface area contributed by atoms with Gasteiger partial charge in [0.05, 0.1) is 5.56 Å². The topological polar surface area (TPSA) is 29.9 Å². The van der Waals surface area contributed by atoms with E-state index >= 15 is 4.39 Å². The van der Waals surface area contributed by atoms with Gasteiger partial charge in [-0.05, 0) is 42.0 Å². The Hall–Kier alpha value is -2.13. The van der Waals surface area contributed by atoms with E-state index in [9.17, 15) is 17.6 Å². The molecule has 0 aliphatic heterocycles.